The van der Waals surface area contributed by atoms with Gasteiger partial charge >= 0.3 is 12.4 Å². The summed E-state index contributed by atoms with van der Waals surface area (Å²) in [6.07, 6.45) is -10.4. The van der Waals surface area contributed by atoms with Crippen molar-refractivity contribution in [2.75, 3.05) is 19.6 Å². The van der Waals surface area contributed by atoms with E-state index in [-0.39, 0.29) is 35.8 Å². The summed E-state index contributed by atoms with van der Waals surface area (Å²) in [6.45, 7) is 2.93. The standard InChI is InChI=1S/C36H35F7N2O3/c1-21(24-13-25(35(38,39)40)15-26(14-24)36(41,42)43)48-32-12-11-30-31(33(32)23-7-9-27(37)10-8-23)20-45(34(30)47)28-16-29(46)19-44(18-28)17-22-5-3-2-4-6-22/h2-10,13-16,21,30-34,47H,11-12,17-20H2,1H3/t21-,30+,31-,32+,33+,34?/m1/s1. The smallest absolute Gasteiger partial charge is 0.373 e. The van der Waals surface area contributed by atoms with Crippen LogP contribution in [0, 0.1) is 17.7 Å². The molecule has 0 amide bonds. The molecule has 0 spiro atoms. The molecule has 48 heavy (non-hydrogen) atoms. The highest BCUT2D eigenvalue weighted by Gasteiger charge is 2.51. The Hall–Kier alpha value is -3.74. The maximum atomic E-state index is 14.0. The van der Waals surface area contributed by atoms with Crippen molar-refractivity contribution in [1.82, 2.24) is 9.80 Å². The first-order valence-electron chi connectivity index (χ1n) is 15.8. The highest BCUT2D eigenvalue weighted by atomic mass is 19.4. The third-order valence-electron chi connectivity index (χ3n) is 9.73. The van der Waals surface area contributed by atoms with Gasteiger partial charge < -0.3 is 14.7 Å². The van der Waals surface area contributed by atoms with Gasteiger partial charge in [0, 0.05) is 43.2 Å². The third kappa shape index (κ3) is 7.30. The number of fused-ring (bicyclic) bond motifs is 1. The number of aliphatic hydroxyl groups excluding tert-OH is 1. The predicted molar refractivity (Wildman–Crippen MR) is 163 cm³/mol. The normalized spacial score (nSPS) is 25.9. The fraction of sp³-hybridized carbons (Fsp3) is 0.417. The summed E-state index contributed by atoms with van der Waals surface area (Å²) in [6, 6.07) is 16.9. The first-order valence-corrected chi connectivity index (χ1v) is 15.8. The summed E-state index contributed by atoms with van der Waals surface area (Å²) in [4.78, 5) is 16.6. The number of ketones is 1. The molecule has 6 atom stereocenters. The van der Waals surface area contributed by atoms with Crippen LogP contribution in [0.3, 0.4) is 0 Å². The monoisotopic (exact) mass is 676 g/mol. The molecule has 12 heteroatoms. The van der Waals surface area contributed by atoms with E-state index in [2.05, 4.69) is 0 Å². The van der Waals surface area contributed by atoms with Crippen LogP contribution in [-0.2, 0) is 28.4 Å². The molecule has 1 N–H and O–H groups in total. The van der Waals surface area contributed by atoms with Gasteiger partial charge in [0.2, 0.25) is 0 Å². The number of carbonyl (C=O) groups excluding carboxylic acids is 1. The molecule has 256 valence electrons. The van der Waals surface area contributed by atoms with Gasteiger partial charge in [-0.15, -0.1) is 0 Å². The lowest BCUT2D eigenvalue weighted by molar-refractivity contribution is -0.143. The van der Waals surface area contributed by atoms with Gasteiger partial charge in [-0.3, -0.25) is 9.69 Å². The molecule has 0 bridgehead atoms. The van der Waals surface area contributed by atoms with E-state index in [0.717, 1.165) is 5.56 Å². The number of hydrogen-bond donors (Lipinski definition) is 1. The Balaban J connectivity index is 1.28. The number of hydrogen-bond acceptors (Lipinski definition) is 5. The van der Waals surface area contributed by atoms with E-state index in [4.69, 9.17) is 4.74 Å². The van der Waals surface area contributed by atoms with Crippen LogP contribution >= 0.6 is 0 Å². The van der Waals surface area contributed by atoms with E-state index < -0.39 is 53.7 Å². The van der Waals surface area contributed by atoms with E-state index in [1.54, 1.807) is 18.2 Å². The zero-order valence-electron chi connectivity index (χ0n) is 26.0. The topological polar surface area (TPSA) is 53.0 Å². The number of aliphatic hydroxyl groups is 1. The second kappa shape index (κ2) is 13.3. The fourth-order valence-electron chi connectivity index (χ4n) is 7.53. The average Bonchev–Trinajstić information content (AvgIpc) is 3.36. The first-order chi connectivity index (χ1) is 22.7. The quantitative estimate of drug-likeness (QED) is 0.260. The number of rotatable bonds is 7. The second-order valence-electron chi connectivity index (χ2n) is 12.9. The molecule has 0 radical (unpaired) electrons. The molecule has 5 nitrogen and oxygen atoms in total. The largest absolute Gasteiger partial charge is 0.416 e. The number of halogens is 7. The van der Waals surface area contributed by atoms with Gasteiger partial charge in [0.05, 0.1) is 29.9 Å². The van der Waals surface area contributed by atoms with Crippen LogP contribution in [0.2, 0.25) is 0 Å². The minimum absolute atomic E-state index is 0.0862. The van der Waals surface area contributed by atoms with Crippen molar-refractivity contribution in [1.29, 1.82) is 0 Å². The van der Waals surface area contributed by atoms with Gasteiger partial charge in [0.15, 0.2) is 5.78 Å². The Kier molecular flexibility index (Phi) is 9.45. The first kappa shape index (κ1) is 34.1. The summed E-state index contributed by atoms with van der Waals surface area (Å²) < 4.78 is 102. The summed E-state index contributed by atoms with van der Waals surface area (Å²) in [5, 5.41) is 11.6. The zero-order valence-corrected chi connectivity index (χ0v) is 26.0. The molecule has 1 saturated carbocycles. The van der Waals surface area contributed by atoms with Crippen molar-refractivity contribution in [3.63, 3.8) is 0 Å². The van der Waals surface area contributed by atoms with Gasteiger partial charge in [-0.05, 0) is 72.7 Å². The summed E-state index contributed by atoms with van der Waals surface area (Å²) >= 11 is 0. The summed E-state index contributed by atoms with van der Waals surface area (Å²) in [7, 11) is 0. The number of likely N-dealkylation sites (tertiary alicyclic amines) is 1. The number of alkyl halides is 6. The minimum Gasteiger partial charge on any atom is -0.373 e. The van der Waals surface area contributed by atoms with Crippen molar-refractivity contribution in [2.24, 2.45) is 11.8 Å². The second-order valence-corrected chi connectivity index (χ2v) is 12.9. The molecule has 6 rings (SSSR count). The Morgan fingerprint density at radius 3 is 2.15 bits per heavy atom. The molecule has 3 aromatic carbocycles. The Bertz CT molecular complexity index is 1610. The number of carbonyl (C=O) groups is 1. The van der Waals surface area contributed by atoms with Crippen molar-refractivity contribution >= 4 is 5.78 Å². The molecule has 3 aliphatic rings. The summed E-state index contributed by atoms with van der Waals surface area (Å²) in [5.74, 6) is -1.60. The van der Waals surface area contributed by atoms with Crippen molar-refractivity contribution in [2.45, 2.75) is 63.0 Å². The van der Waals surface area contributed by atoms with Crippen molar-refractivity contribution in [3.05, 3.63) is 118 Å². The average molecular weight is 677 g/mol. The summed E-state index contributed by atoms with van der Waals surface area (Å²) in [5.41, 5.74) is -0.737. The number of nitrogens with zero attached hydrogens (tertiary/aromatic N) is 2. The maximum absolute atomic E-state index is 14.0. The number of ether oxygens (including phenoxy) is 1. The van der Waals surface area contributed by atoms with Gasteiger partial charge in [-0.2, -0.15) is 26.3 Å². The predicted octanol–water partition coefficient (Wildman–Crippen LogP) is 7.72. The van der Waals surface area contributed by atoms with Crippen LogP contribution in [0.5, 0.6) is 0 Å². The van der Waals surface area contributed by atoms with Crippen LogP contribution < -0.4 is 0 Å². The molecule has 1 unspecified atom stereocenters. The minimum atomic E-state index is -5.00. The van der Waals surface area contributed by atoms with Crippen LogP contribution in [-0.4, -0.2) is 52.7 Å². The third-order valence-corrected chi connectivity index (χ3v) is 9.73. The van der Waals surface area contributed by atoms with E-state index >= 15 is 0 Å². The molecular formula is C36H35F7N2O3. The van der Waals surface area contributed by atoms with Gasteiger partial charge in [0.25, 0.3) is 0 Å². The zero-order chi connectivity index (χ0) is 34.4. The van der Waals surface area contributed by atoms with Gasteiger partial charge in [0.1, 0.15) is 12.0 Å². The molecule has 2 heterocycles. The van der Waals surface area contributed by atoms with E-state index in [9.17, 15) is 40.6 Å². The van der Waals surface area contributed by atoms with Crippen LogP contribution in [0.15, 0.2) is 84.6 Å². The van der Waals surface area contributed by atoms with Gasteiger partial charge in [-0.1, -0.05) is 42.5 Å². The van der Waals surface area contributed by atoms with Gasteiger partial charge in [-0.25, -0.2) is 4.39 Å². The van der Waals surface area contributed by atoms with Crippen molar-refractivity contribution in [3.8, 4) is 0 Å². The maximum Gasteiger partial charge on any atom is 0.416 e. The highest BCUT2D eigenvalue weighted by molar-refractivity contribution is 5.92. The van der Waals surface area contributed by atoms with E-state index in [1.165, 1.54) is 19.1 Å². The molecule has 2 fully saturated rings. The molecular weight excluding hydrogens is 641 g/mol. The Morgan fingerprint density at radius 1 is 0.875 bits per heavy atom. The van der Waals surface area contributed by atoms with E-state index in [1.807, 2.05) is 40.1 Å². The van der Waals surface area contributed by atoms with Crippen LogP contribution in [0.1, 0.15) is 59.6 Å². The molecule has 3 aromatic rings. The lowest BCUT2D eigenvalue weighted by atomic mass is 9.69. The van der Waals surface area contributed by atoms with Crippen LogP contribution in [0.4, 0.5) is 30.7 Å². The Labute approximate surface area is 273 Å². The van der Waals surface area contributed by atoms with Crippen LogP contribution in [0.25, 0.3) is 0 Å². The lowest BCUT2D eigenvalue weighted by Gasteiger charge is -2.41. The molecule has 1 aliphatic carbocycles. The SMILES string of the molecule is C[C@@H](O[C@H]1CC[C@@H]2C(O)N(C3=CC(=O)CN(Cc4ccccc4)C3)C[C@H]2[C@@H]1c1ccc(F)cc1)c1cc(C(F)(F)F)cc(C(F)(F)F)c1. The Morgan fingerprint density at radius 2 is 1.52 bits per heavy atom. The number of benzene rings is 3. The molecule has 2 aliphatic heterocycles. The van der Waals surface area contributed by atoms with E-state index in [0.29, 0.717) is 55.9 Å². The highest BCUT2D eigenvalue weighted by Crippen LogP contribution is 2.51. The fourth-order valence-corrected chi connectivity index (χ4v) is 7.53. The lowest BCUT2D eigenvalue weighted by Crippen LogP contribution is -2.42. The van der Waals surface area contributed by atoms with Crippen molar-refractivity contribution < 1.29 is 45.4 Å². The molecule has 0 aromatic heterocycles. The molecule has 1 saturated heterocycles.